The van der Waals surface area contributed by atoms with Crippen LogP contribution in [0.5, 0.6) is 0 Å². The highest BCUT2D eigenvalue weighted by Crippen LogP contribution is 2.51. The van der Waals surface area contributed by atoms with E-state index in [1.807, 2.05) is 0 Å². The van der Waals surface area contributed by atoms with Gasteiger partial charge in [0.1, 0.15) is 0 Å². The zero-order valence-corrected chi connectivity index (χ0v) is 7.01. The molecule has 1 saturated heterocycles. The summed E-state index contributed by atoms with van der Waals surface area (Å²) in [6.07, 6.45) is -0.233. The molecule has 1 heterocycles. The summed E-state index contributed by atoms with van der Waals surface area (Å²) >= 11 is 0. The average Bonchev–Trinajstić information content (AvgIpc) is 2.75. The molecule has 0 aromatic carbocycles. The van der Waals surface area contributed by atoms with Crippen molar-refractivity contribution >= 4 is 12.1 Å². The number of hydrogen-bond acceptors (Lipinski definition) is 2. The predicted octanol–water partition coefficient (Wildman–Crippen LogP) is 0.317. The molecule has 2 fully saturated rings. The Kier molecular flexibility index (Phi) is 1.68. The van der Waals surface area contributed by atoms with Crippen molar-refractivity contribution < 1.29 is 19.8 Å². The zero-order valence-electron chi connectivity index (χ0n) is 7.01. The van der Waals surface area contributed by atoms with Crippen LogP contribution in [0.2, 0.25) is 0 Å². The maximum absolute atomic E-state index is 10.6. The largest absolute Gasteiger partial charge is 0.481 e. The van der Waals surface area contributed by atoms with Crippen LogP contribution in [-0.2, 0) is 4.79 Å². The standard InChI is InChI=1S/C8H11NO4/c10-7(11)6-4-1-2-9(8(12)13)3-5(4)6/h4-6H,1-3H2,(H,10,11)(H,12,13)/t4-,5+,6+/m1/s1. The van der Waals surface area contributed by atoms with E-state index < -0.39 is 12.1 Å². The summed E-state index contributed by atoms with van der Waals surface area (Å²) in [6, 6.07) is 0. The lowest BCUT2D eigenvalue weighted by Gasteiger charge is -2.22. The first-order valence-corrected chi connectivity index (χ1v) is 4.32. The molecule has 2 N–H and O–H groups in total. The number of hydrogen-bond donors (Lipinski definition) is 2. The summed E-state index contributed by atoms with van der Waals surface area (Å²) in [7, 11) is 0. The molecule has 13 heavy (non-hydrogen) atoms. The number of piperidine rings is 1. The van der Waals surface area contributed by atoms with Gasteiger partial charge in [0, 0.05) is 13.1 Å². The molecule has 0 bridgehead atoms. The molecule has 5 heteroatoms. The minimum atomic E-state index is -0.936. The highest BCUT2D eigenvalue weighted by atomic mass is 16.4. The minimum absolute atomic E-state index is 0.0716. The quantitative estimate of drug-likeness (QED) is 0.616. The fourth-order valence-electron chi connectivity index (χ4n) is 2.28. The van der Waals surface area contributed by atoms with Crippen molar-refractivity contribution in [2.45, 2.75) is 6.42 Å². The van der Waals surface area contributed by atoms with Crippen LogP contribution in [0.25, 0.3) is 0 Å². The number of fused-ring (bicyclic) bond motifs is 1. The van der Waals surface area contributed by atoms with Gasteiger partial charge < -0.3 is 15.1 Å². The number of amides is 1. The third-order valence-corrected chi connectivity index (χ3v) is 3.05. The minimum Gasteiger partial charge on any atom is -0.481 e. The molecule has 72 valence electrons. The smallest absolute Gasteiger partial charge is 0.407 e. The van der Waals surface area contributed by atoms with E-state index in [0.29, 0.717) is 19.5 Å². The molecule has 5 nitrogen and oxygen atoms in total. The van der Waals surface area contributed by atoms with Crippen molar-refractivity contribution in [1.82, 2.24) is 4.90 Å². The van der Waals surface area contributed by atoms with Crippen LogP contribution in [0.1, 0.15) is 6.42 Å². The van der Waals surface area contributed by atoms with Crippen LogP contribution in [-0.4, -0.2) is 40.3 Å². The molecule has 1 aliphatic carbocycles. The fraction of sp³-hybridized carbons (Fsp3) is 0.750. The number of nitrogens with zero attached hydrogens (tertiary/aromatic N) is 1. The second-order valence-electron chi connectivity index (χ2n) is 3.71. The van der Waals surface area contributed by atoms with E-state index in [0.717, 1.165) is 0 Å². The van der Waals surface area contributed by atoms with Crippen molar-refractivity contribution in [2.75, 3.05) is 13.1 Å². The summed E-state index contributed by atoms with van der Waals surface area (Å²) in [5, 5.41) is 17.4. The first kappa shape index (κ1) is 8.34. The molecule has 1 amide bonds. The van der Waals surface area contributed by atoms with E-state index >= 15 is 0 Å². The molecule has 0 aromatic rings. The first-order chi connectivity index (χ1) is 6.11. The number of aliphatic carboxylic acids is 1. The zero-order chi connectivity index (χ0) is 9.59. The van der Waals surface area contributed by atoms with Gasteiger partial charge in [0.2, 0.25) is 0 Å². The van der Waals surface area contributed by atoms with Gasteiger partial charge in [0.25, 0.3) is 0 Å². The molecule has 3 atom stereocenters. The molecular weight excluding hydrogens is 174 g/mol. The molecule has 2 rings (SSSR count). The normalized spacial score (nSPS) is 36.6. The van der Waals surface area contributed by atoms with Gasteiger partial charge in [0.15, 0.2) is 0 Å². The summed E-state index contributed by atoms with van der Waals surface area (Å²) < 4.78 is 0. The Labute approximate surface area is 75.0 Å². The Morgan fingerprint density at radius 2 is 1.92 bits per heavy atom. The van der Waals surface area contributed by atoms with Crippen molar-refractivity contribution in [1.29, 1.82) is 0 Å². The lowest BCUT2D eigenvalue weighted by atomic mass is 10.1. The van der Waals surface area contributed by atoms with E-state index in [4.69, 9.17) is 10.2 Å². The van der Waals surface area contributed by atoms with Gasteiger partial charge in [-0.1, -0.05) is 0 Å². The molecule has 0 aromatic heterocycles. The summed E-state index contributed by atoms with van der Waals surface area (Å²) in [4.78, 5) is 22.5. The number of carboxylic acids is 1. The molecule has 2 aliphatic rings. The van der Waals surface area contributed by atoms with E-state index in [2.05, 4.69) is 0 Å². The second-order valence-corrected chi connectivity index (χ2v) is 3.71. The van der Waals surface area contributed by atoms with Gasteiger partial charge in [-0.05, 0) is 18.3 Å². The van der Waals surface area contributed by atoms with Gasteiger partial charge in [-0.15, -0.1) is 0 Å². The number of carboxylic acid groups (broad SMARTS) is 2. The Hall–Kier alpha value is -1.26. The Morgan fingerprint density at radius 1 is 1.23 bits per heavy atom. The van der Waals surface area contributed by atoms with Crippen molar-refractivity contribution in [3.63, 3.8) is 0 Å². The Morgan fingerprint density at radius 3 is 2.46 bits per heavy atom. The Bertz CT molecular complexity index is 253. The van der Waals surface area contributed by atoms with Gasteiger partial charge in [0.05, 0.1) is 5.92 Å². The molecule has 1 aliphatic heterocycles. The third-order valence-electron chi connectivity index (χ3n) is 3.05. The average molecular weight is 185 g/mol. The number of rotatable bonds is 1. The highest BCUT2D eigenvalue weighted by molar-refractivity contribution is 5.75. The van der Waals surface area contributed by atoms with Gasteiger partial charge >= 0.3 is 12.1 Å². The van der Waals surface area contributed by atoms with E-state index in [-0.39, 0.29) is 17.8 Å². The second kappa shape index (κ2) is 2.61. The van der Waals surface area contributed by atoms with Gasteiger partial charge in [-0.3, -0.25) is 4.79 Å². The van der Waals surface area contributed by atoms with Crippen LogP contribution < -0.4 is 0 Å². The van der Waals surface area contributed by atoms with Crippen LogP contribution >= 0.6 is 0 Å². The topological polar surface area (TPSA) is 77.8 Å². The van der Waals surface area contributed by atoms with Crippen molar-refractivity contribution in [3.05, 3.63) is 0 Å². The summed E-state index contributed by atoms with van der Waals surface area (Å²) in [6.45, 7) is 0.886. The van der Waals surface area contributed by atoms with Crippen molar-refractivity contribution in [2.24, 2.45) is 17.8 Å². The monoisotopic (exact) mass is 185 g/mol. The lowest BCUT2D eigenvalue weighted by molar-refractivity contribution is -0.139. The molecule has 0 spiro atoms. The van der Waals surface area contributed by atoms with Crippen LogP contribution in [0.3, 0.4) is 0 Å². The maximum atomic E-state index is 10.6. The third kappa shape index (κ3) is 1.24. The predicted molar refractivity (Wildman–Crippen MR) is 42.3 cm³/mol. The van der Waals surface area contributed by atoms with Crippen LogP contribution in [0.15, 0.2) is 0 Å². The fourth-order valence-corrected chi connectivity index (χ4v) is 2.28. The molecular formula is C8H11NO4. The molecule has 0 unspecified atom stereocenters. The maximum Gasteiger partial charge on any atom is 0.407 e. The van der Waals surface area contributed by atoms with Gasteiger partial charge in [-0.25, -0.2) is 4.79 Å². The molecule has 0 radical (unpaired) electrons. The summed E-state index contributed by atoms with van der Waals surface area (Å²) in [5.74, 6) is -0.762. The lowest BCUT2D eigenvalue weighted by Crippen LogP contribution is -2.35. The van der Waals surface area contributed by atoms with Crippen molar-refractivity contribution in [3.8, 4) is 0 Å². The van der Waals surface area contributed by atoms with E-state index in [1.54, 1.807) is 0 Å². The van der Waals surface area contributed by atoms with E-state index in [9.17, 15) is 9.59 Å². The SMILES string of the molecule is O=C(O)[C@H]1[C@@H]2CCN(C(=O)O)C[C@@H]21. The number of carbonyl (C=O) groups is 2. The van der Waals surface area contributed by atoms with E-state index in [1.165, 1.54) is 4.90 Å². The summed E-state index contributed by atoms with van der Waals surface area (Å²) in [5.41, 5.74) is 0. The number of likely N-dealkylation sites (tertiary alicyclic amines) is 1. The Balaban J connectivity index is 1.97. The van der Waals surface area contributed by atoms with Gasteiger partial charge in [-0.2, -0.15) is 0 Å². The highest BCUT2D eigenvalue weighted by Gasteiger charge is 2.57. The van der Waals surface area contributed by atoms with Crippen LogP contribution in [0.4, 0.5) is 4.79 Å². The van der Waals surface area contributed by atoms with Crippen LogP contribution in [0, 0.1) is 17.8 Å². The first-order valence-electron chi connectivity index (χ1n) is 4.32. The molecule has 1 saturated carbocycles.